The molecular formula is C24H22ClN3O4. The van der Waals surface area contributed by atoms with Crippen molar-refractivity contribution in [2.45, 2.75) is 6.04 Å². The topological polar surface area (TPSA) is 78.6 Å². The predicted molar refractivity (Wildman–Crippen MR) is 123 cm³/mol. The number of anilines is 1. The summed E-state index contributed by atoms with van der Waals surface area (Å²) >= 11 is 6.10. The number of aromatic nitrogens is 2. The fourth-order valence-corrected chi connectivity index (χ4v) is 3.45. The molecule has 1 aromatic heterocycles. The average molecular weight is 452 g/mol. The zero-order valence-corrected chi connectivity index (χ0v) is 18.6. The van der Waals surface area contributed by atoms with Gasteiger partial charge in [-0.2, -0.15) is 0 Å². The molecule has 0 spiro atoms. The summed E-state index contributed by atoms with van der Waals surface area (Å²) < 4.78 is 22.4. The van der Waals surface area contributed by atoms with Gasteiger partial charge in [-0.15, -0.1) is 10.2 Å². The smallest absolute Gasteiger partial charge is 0.247 e. The zero-order chi connectivity index (χ0) is 22.5. The Labute approximate surface area is 190 Å². The van der Waals surface area contributed by atoms with E-state index in [-0.39, 0.29) is 0 Å². The van der Waals surface area contributed by atoms with Crippen LogP contribution < -0.4 is 19.5 Å². The highest BCUT2D eigenvalue weighted by Crippen LogP contribution is 2.41. The lowest BCUT2D eigenvalue weighted by atomic mass is 10.1. The molecule has 164 valence electrons. The lowest BCUT2D eigenvalue weighted by molar-refractivity contribution is 0.324. The van der Waals surface area contributed by atoms with E-state index in [2.05, 4.69) is 15.5 Å². The van der Waals surface area contributed by atoms with E-state index in [1.807, 2.05) is 66.7 Å². The number of ether oxygens (including phenoxy) is 3. The van der Waals surface area contributed by atoms with Gasteiger partial charge in [-0.05, 0) is 29.8 Å². The number of nitrogens with one attached hydrogen (secondary N) is 1. The molecule has 0 saturated carbocycles. The average Bonchev–Trinajstić information content (AvgIpc) is 3.33. The molecule has 0 aliphatic carbocycles. The molecule has 3 aromatic carbocycles. The van der Waals surface area contributed by atoms with E-state index in [0.717, 1.165) is 16.8 Å². The van der Waals surface area contributed by atoms with Crippen molar-refractivity contribution < 1.29 is 18.6 Å². The maximum Gasteiger partial charge on any atom is 0.247 e. The molecule has 0 aliphatic rings. The molecule has 0 amide bonds. The van der Waals surface area contributed by atoms with E-state index in [0.29, 0.717) is 34.1 Å². The molecule has 0 bridgehead atoms. The molecule has 1 heterocycles. The van der Waals surface area contributed by atoms with Gasteiger partial charge < -0.3 is 23.9 Å². The fraction of sp³-hybridized carbons (Fsp3) is 0.167. The molecule has 0 unspecified atom stereocenters. The standard InChI is InChI=1S/C24H22ClN3O4/c1-29-19-13-18(14-20(30-2)22(19)31-3)26-21(15-9-11-17(25)12-10-15)24-28-27-23(32-24)16-7-5-4-6-8-16/h4-14,21,26H,1-3H3/t21-/m1/s1. The van der Waals surface area contributed by atoms with E-state index in [1.54, 1.807) is 21.3 Å². The highest BCUT2D eigenvalue weighted by atomic mass is 35.5. The van der Waals surface area contributed by atoms with Crippen LogP contribution >= 0.6 is 11.6 Å². The van der Waals surface area contributed by atoms with Crippen molar-refractivity contribution in [3.05, 3.63) is 83.2 Å². The van der Waals surface area contributed by atoms with Crippen molar-refractivity contribution in [1.29, 1.82) is 0 Å². The van der Waals surface area contributed by atoms with Crippen molar-refractivity contribution in [3.8, 4) is 28.7 Å². The van der Waals surface area contributed by atoms with Crippen LogP contribution in [0.5, 0.6) is 17.2 Å². The minimum Gasteiger partial charge on any atom is -0.493 e. The zero-order valence-electron chi connectivity index (χ0n) is 17.8. The quantitative estimate of drug-likeness (QED) is 0.372. The first kappa shape index (κ1) is 21.5. The van der Waals surface area contributed by atoms with Gasteiger partial charge in [0.1, 0.15) is 6.04 Å². The molecule has 8 heteroatoms. The molecule has 32 heavy (non-hydrogen) atoms. The molecular weight excluding hydrogens is 430 g/mol. The minimum atomic E-state index is -0.444. The first-order chi connectivity index (χ1) is 15.6. The van der Waals surface area contributed by atoms with Gasteiger partial charge in [-0.3, -0.25) is 0 Å². The number of benzene rings is 3. The van der Waals surface area contributed by atoms with Crippen LogP contribution in [0.2, 0.25) is 5.02 Å². The second-order valence-corrected chi connectivity index (χ2v) is 7.29. The molecule has 0 saturated heterocycles. The Hall–Kier alpha value is -3.71. The number of halogens is 1. The van der Waals surface area contributed by atoms with Crippen molar-refractivity contribution >= 4 is 17.3 Å². The van der Waals surface area contributed by atoms with Crippen LogP contribution in [0.4, 0.5) is 5.69 Å². The van der Waals surface area contributed by atoms with E-state index >= 15 is 0 Å². The molecule has 0 fully saturated rings. The van der Waals surface area contributed by atoms with Gasteiger partial charge >= 0.3 is 0 Å². The molecule has 7 nitrogen and oxygen atoms in total. The summed E-state index contributed by atoms with van der Waals surface area (Å²) in [5.41, 5.74) is 2.46. The molecule has 1 N–H and O–H groups in total. The maximum atomic E-state index is 6.10. The van der Waals surface area contributed by atoms with Gasteiger partial charge in [0, 0.05) is 28.4 Å². The summed E-state index contributed by atoms with van der Waals surface area (Å²) in [4.78, 5) is 0. The molecule has 0 radical (unpaired) electrons. The van der Waals surface area contributed by atoms with Crippen LogP contribution in [0.1, 0.15) is 17.5 Å². The van der Waals surface area contributed by atoms with Gasteiger partial charge in [0.05, 0.1) is 21.3 Å². The number of methoxy groups -OCH3 is 3. The Bertz CT molecular complexity index is 1150. The van der Waals surface area contributed by atoms with E-state index < -0.39 is 6.04 Å². The van der Waals surface area contributed by atoms with Crippen LogP contribution in [0.25, 0.3) is 11.5 Å². The Morgan fingerprint density at radius 1 is 0.844 bits per heavy atom. The normalized spacial score (nSPS) is 11.6. The summed E-state index contributed by atoms with van der Waals surface area (Å²) in [5.74, 6) is 2.40. The first-order valence-electron chi connectivity index (χ1n) is 9.83. The van der Waals surface area contributed by atoms with E-state index in [4.69, 9.17) is 30.2 Å². The van der Waals surface area contributed by atoms with E-state index in [1.165, 1.54) is 0 Å². The van der Waals surface area contributed by atoms with Crippen LogP contribution in [-0.4, -0.2) is 31.5 Å². The lowest BCUT2D eigenvalue weighted by Gasteiger charge is -2.20. The van der Waals surface area contributed by atoms with Gasteiger partial charge in [-0.25, -0.2) is 0 Å². The third-order valence-corrected chi connectivity index (χ3v) is 5.14. The predicted octanol–water partition coefficient (Wildman–Crippen LogP) is 5.62. The maximum absolute atomic E-state index is 6.10. The summed E-state index contributed by atoms with van der Waals surface area (Å²) in [6.07, 6.45) is 0. The summed E-state index contributed by atoms with van der Waals surface area (Å²) in [7, 11) is 4.71. The first-order valence-corrected chi connectivity index (χ1v) is 10.2. The molecule has 1 atom stereocenters. The number of nitrogens with zero attached hydrogens (tertiary/aromatic N) is 2. The SMILES string of the molecule is COc1cc(N[C@H](c2ccc(Cl)cc2)c2nnc(-c3ccccc3)o2)cc(OC)c1OC. The van der Waals surface area contributed by atoms with Crippen LogP contribution in [-0.2, 0) is 0 Å². The summed E-state index contributed by atoms with van der Waals surface area (Å²) in [5, 5.41) is 12.6. The summed E-state index contributed by atoms with van der Waals surface area (Å²) in [6.45, 7) is 0. The third-order valence-electron chi connectivity index (χ3n) is 4.89. The fourth-order valence-electron chi connectivity index (χ4n) is 3.32. The van der Waals surface area contributed by atoms with Gasteiger partial charge in [0.2, 0.25) is 17.5 Å². The van der Waals surface area contributed by atoms with Crippen molar-refractivity contribution in [2.75, 3.05) is 26.6 Å². The van der Waals surface area contributed by atoms with Crippen LogP contribution in [0, 0.1) is 0 Å². The monoisotopic (exact) mass is 451 g/mol. The van der Waals surface area contributed by atoms with E-state index in [9.17, 15) is 0 Å². The molecule has 4 rings (SSSR count). The highest BCUT2D eigenvalue weighted by Gasteiger charge is 2.23. The molecule has 4 aromatic rings. The van der Waals surface area contributed by atoms with Crippen LogP contribution in [0.15, 0.2) is 71.1 Å². The summed E-state index contributed by atoms with van der Waals surface area (Å²) in [6, 6.07) is 20.2. The van der Waals surface area contributed by atoms with Crippen molar-refractivity contribution in [3.63, 3.8) is 0 Å². The number of hydrogen-bond acceptors (Lipinski definition) is 7. The van der Waals surface area contributed by atoms with Gasteiger partial charge in [-0.1, -0.05) is 41.9 Å². The second kappa shape index (κ2) is 9.62. The highest BCUT2D eigenvalue weighted by molar-refractivity contribution is 6.30. The number of hydrogen-bond donors (Lipinski definition) is 1. The van der Waals surface area contributed by atoms with Crippen molar-refractivity contribution in [2.24, 2.45) is 0 Å². The number of rotatable bonds is 8. The Balaban J connectivity index is 1.75. The Morgan fingerprint density at radius 3 is 2.09 bits per heavy atom. The van der Waals surface area contributed by atoms with Crippen LogP contribution in [0.3, 0.4) is 0 Å². The Morgan fingerprint density at radius 2 is 1.50 bits per heavy atom. The second-order valence-electron chi connectivity index (χ2n) is 6.85. The Kier molecular flexibility index (Phi) is 6.47. The molecule has 0 aliphatic heterocycles. The van der Waals surface area contributed by atoms with Crippen molar-refractivity contribution in [1.82, 2.24) is 10.2 Å². The third kappa shape index (κ3) is 4.48. The van der Waals surface area contributed by atoms with Gasteiger partial charge in [0.15, 0.2) is 11.5 Å². The lowest BCUT2D eigenvalue weighted by Crippen LogP contribution is -2.13. The van der Waals surface area contributed by atoms with Gasteiger partial charge in [0.25, 0.3) is 0 Å². The minimum absolute atomic E-state index is 0.403. The largest absolute Gasteiger partial charge is 0.493 e.